The van der Waals surface area contributed by atoms with Crippen molar-refractivity contribution < 1.29 is 9.59 Å². The van der Waals surface area contributed by atoms with E-state index in [1.165, 1.54) is 12.3 Å². The Hall–Kier alpha value is -2.37. The Morgan fingerprint density at radius 2 is 1.74 bits per heavy atom. The van der Waals surface area contributed by atoms with Crippen molar-refractivity contribution in [1.29, 1.82) is 0 Å². The Morgan fingerprint density at radius 1 is 1.00 bits per heavy atom. The number of rotatable bonds is 5. The summed E-state index contributed by atoms with van der Waals surface area (Å²) in [4.78, 5) is 23.4. The zero-order valence-electron chi connectivity index (χ0n) is 11.9. The van der Waals surface area contributed by atoms with Crippen LogP contribution in [0.4, 0.5) is 5.69 Å². The van der Waals surface area contributed by atoms with E-state index in [0.717, 1.165) is 5.56 Å². The molecule has 0 saturated heterocycles. The molecule has 0 saturated carbocycles. The van der Waals surface area contributed by atoms with Crippen LogP contribution in [-0.4, -0.2) is 18.0 Å². The molecule has 0 spiro atoms. The van der Waals surface area contributed by atoms with E-state index in [1.54, 1.807) is 12.1 Å². The first-order valence-electron chi connectivity index (χ1n) is 6.66. The highest BCUT2D eigenvalue weighted by Gasteiger charge is 2.09. The van der Waals surface area contributed by atoms with Crippen LogP contribution in [0.1, 0.15) is 12.0 Å². The third kappa shape index (κ3) is 5.73. The number of nitrogens with one attached hydrogen (secondary N) is 2. The largest absolute Gasteiger partial charge is 0.326 e. The fraction of sp³-hybridized carbons (Fsp3) is 0.0625. The Kier molecular flexibility index (Phi) is 6.14. The minimum Gasteiger partial charge on any atom is -0.326 e. The number of nitrogens with zero attached hydrogens (tertiary/aromatic N) is 1. The summed E-state index contributed by atoms with van der Waals surface area (Å²) < 4.78 is 0. The number of hydrogen-bond donors (Lipinski definition) is 2. The van der Waals surface area contributed by atoms with Crippen molar-refractivity contribution in [2.75, 3.05) is 5.32 Å². The van der Waals surface area contributed by atoms with E-state index in [2.05, 4.69) is 15.8 Å². The number of carbonyl (C=O) groups excluding carboxylic acids is 2. The number of carbonyl (C=O) groups is 2. The Balaban J connectivity index is 1.81. The zero-order valence-corrected chi connectivity index (χ0v) is 13.4. The summed E-state index contributed by atoms with van der Waals surface area (Å²) in [5.41, 5.74) is 3.59. The maximum absolute atomic E-state index is 11.8. The average molecular weight is 350 g/mol. The molecule has 0 heterocycles. The van der Waals surface area contributed by atoms with Gasteiger partial charge in [-0.3, -0.25) is 9.59 Å². The standard InChI is InChI=1S/C16H13Cl2N3O2/c17-13-7-6-12(8-14(13)18)20-15(22)9-16(23)21-19-10-11-4-2-1-3-5-11/h1-8,10H,9H2,(H,20,22)(H,21,23). The average Bonchev–Trinajstić information content (AvgIpc) is 2.52. The van der Waals surface area contributed by atoms with Crippen molar-refractivity contribution in [3.63, 3.8) is 0 Å². The van der Waals surface area contributed by atoms with Crippen LogP contribution in [0.15, 0.2) is 53.6 Å². The molecule has 2 rings (SSSR count). The maximum Gasteiger partial charge on any atom is 0.249 e. The monoisotopic (exact) mass is 349 g/mol. The van der Waals surface area contributed by atoms with Gasteiger partial charge < -0.3 is 5.32 Å². The van der Waals surface area contributed by atoms with E-state index in [9.17, 15) is 9.59 Å². The summed E-state index contributed by atoms with van der Waals surface area (Å²) in [5.74, 6) is -0.995. The highest BCUT2D eigenvalue weighted by molar-refractivity contribution is 6.42. The van der Waals surface area contributed by atoms with Gasteiger partial charge in [0.05, 0.1) is 16.3 Å². The van der Waals surface area contributed by atoms with Crippen molar-refractivity contribution in [3.8, 4) is 0 Å². The fourth-order valence-corrected chi connectivity index (χ4v) is 1.98. The molecule has 0 atom stereocenters. The smallest absolute Gasteiger partial charge is 0.249 e. The van der Waals surface area contributed by atoms with Crippen LogP contribution in [0.5, 0.6) is 0 Å². The molecular weight excluding hydrogens is 337 g/mol. The lowest BCUT2D eigenvalue weighted by Crippen LogP contribution is -2.24. The van der Waals surface area contributed by atoms with Crippen LogP contribution in [0.3, 0.4) is 0 Å². The number of benzene rings is 2. The highest BCUT2D eigenvalue weighted by Crippen LogP contribution is 2.24. The number of hydrazone groups is 1. The first kappa shape index (κ1) is 17.0. The van der Waals surface area contributed by atoms with Gasteiger partial charge in [0, 0.05) is 5.69 Å². The van der Waals surface area contributed by atoms with Crippen LogP contribution < -0.4 is 10.7 Å². The molecule has 0 aliphatic heterocycles. The van der Waals surface area contributed by atoms with Crippen LogP contribution in [0.2, 0.25) is 10.0 Å². The molecule has 0 bridgehead atoms. The quantitative estimate of drug-likeness (QED) is 0.492. The molecule has 0 radical (unpaired) electrons. The zero-order chi connectivity index (χ0) is 16.7. The van der Waals surface area contributed by atoms with Crippen molar-refractivity contribution >= 4 is 46.9 Å². The summed E-state index contributed by atoms with van der Waals surface area (Å²) in [6.07, 6.45) is 1.14. The normalized spacial score (nSPS) is 10.5. The van der Waals surface area contributed by atoms with E-state index in [4.69, 9.17) is 23.2 Å². The van der Waals surface area contributed by atoms with E-state index >= 15 is 0 Å². The Labute approximate surface area is 143 Å². The second-order valence-corrected chi connectivity index (χ2v) is 5.37. The van der Waals surface area contributed by atoms with Gasteiger partial charge in [-0.25, -0.2) is 5.43 Å². The predicted octanol–water partition coefficient (Wildman–Crippen LogP) is 3.47. The second-order valence-electron chi connectivity index (χ2n) is 4.56. The van der Waals surface area contributed by atoms with Crippen LogP contribution >= 0.6 is 23.2 Å². The molecule has 7 heteroatoms. The third-order valence-corrected chi connectivity index (χ3v) is 3.47. The number of amides is 2. The van der Waals surface area contributed by atoms with E-state index in [1.807, 2.05) is 30.3 Å². The van der Waals surface area contributed by atoms with Gasteiger partial charge in [0.15, 0.2) is 0 Å². The number of anilines is 1. The van der Waals surface area contributed by atoms with Gasteiger partial charge in [-0.15, -0.1) is 0 Å². The van der Waals surface area contributed by atoms with Crippen LogP contribution in [0, 0.1) is 0 Å². The summed E-state index contributed by atoms with van der Waals surface area (Å²) >= 11 is 11.6. The van der Waals surface area contributed by atoms with Crippen molar-refractivity contribution in [2.45, 2.75) is 6.42 Å². The summed E-state index contributed by atoms with van der Waals surface area (Å²) in [7, 11) is 0. The van der Waals surface area contributed by atoms with Gasteiger partial charge in [-0.1, -0.05) is 53.5 Å². The fourth-order valence-electron chi connectivity index (χ4n) is 1.68. The maximum atomic E-state index is 11.8. The molecule has 0 aliphatic rings. The van der Waals surface area contributed by atoms with Gasteiger partial charge in [-0.05, 0) is 23.8 Å². The Bertz CT molecular complexity index is 733. The first-order valence-corrected chi connectivity index (χ1v) is 7.42. The molecule has 23 heavy (non-hydrogen) atoms. The summed E-state index contributed by atoms with van der Waals surface area (Å²) in [6, 6.07) is 13.9. The second kappa shape index (κ2) is 8.31. The van der Waals surface area contributed by atoms with Gasteiger partial charge in [0.25, 0.3) is 0 Å². The molecule has 0 unspecified atom stereocenters. The van der Waals surface area contributed by atoms with Crippen molar-refractivity contribution in [2.24, 2.45) is 5.10 Å². The van der Waals surface area contributed by atoms with Gasteiger partial charge in [0.2, 0.25) is 11.8 Å². The molecule has 0 fully saturated rings. The third-order valence-electron chi connectivity index (χ3n) is 2.73. The van der Waals surface area contributed by atoms with Crippen molar-refractivity contribution in [3.05, 3.63) is 64.1 Å². The molecule has 0 aliphatic carbocycles. The molecule has 5 nitrogen and oxygen atoms in total. The molecule has 0 aromatic heterocycles. The van der Waals surface area contributed by atoms with Gasteiger partial charge in [-0.2, -0.15) is 5.10 Å². The summed E-state index contributed by atoms with van der Waals surface area (Å²) in [6.45, 7) is 0. The number of halogens is 2. The van der Waals surface area contributed by atoms with Crippen LogP contribution in [-0.2, 0) is 9.59 Å². The van der Waals surface area contributed by atoms with Gasteiger partial charge in [0.1, 0.15) is 6.42 Å². The molecule has 2 aromatic rings. The lowest BCUT2D eigenvalue weighted by Gasteiger charge is -2.05. The highest BCUT2D eigenvalue weighted by atomic mass is 35.5. The predicted molar refractivity (Wildman–Crippen MR) is 91.9 cm³/mol. The van der Waals surface area contributed by atoms with E-state index in [0.29, 0.717) is 15.7 Å². The molecule has 118 valence electrons. The minimum absolute atomic E-state index is 0.321. The van der Waals surface area contributed by atoms with Crippen molar-refractivity contribution in [1.82, 2.24) is 5.43 Å². The van der Waals surface area contributed by atoms with E-state index < -0.39 is 11.8 Å². The number of hydrogen-bond acceptors (Lipinski definition) is 3. The van der Waals surface area contributed by atoms with Crippen LogP contribution in [0.25, 0.3) is 0 Å². The molecule has 2 N–H and O–H groups in total. The van der Waals surface area contributed by atoms with Gasteiger partial charge >= 0.3 is 0 Å². The minimum atomic E-state index is -0.519. The van der Waals surface area contributed by atoms with E-state index in [-0.39, 0.29) is 6.42 Å². The summed E-state index contributed by atoms with van der Waals surface area (Å²) in [5, 5.41) is 7.05. The SMILES string of the molecule is O=C(CC(=O)Nc1ccc(Cl)c(Cl)c1)NN=Cc1ccccc1. The topological polar surface area (TPSA) is 70.6 Å². The molecular formula is C16H13Cl2N3O2. The lowest BCUT2D eigenvalue weighted by molar-refractivity contribution is -0.126. The lowest BCUT2D eigenvalue weighted by atomic mass is 10.2. The molecule has 2 amide bonds. The Morgan fingerprint density at radius 3 is 2.43 bits per heavy atom. The first-order chi connectivity index (χ1) is 11.0. The molecule has 2 aromatic carbocycles.